The summed E-state index contributed by atoms with van der Waals surface area (Å²) in [5.41, 5.74) is 6.91. The molecule has 4 N–H and O–H groups in total. The minimum absolute atomic E-state index is 0.719. The molecule has 0 radical (unpaired) electrons. The lowest BCUT2D eigenvalue weighted by molar-refractivity contribution is -0.122. The van der Waals surface area contributed by atoms with Gasteiger partial charge in [0.2, 0.25) is 0 Å². The lowest BCUT2D eigenvalue weighted by Gasteiger charge is -1.99. The van der Waals surface area contributed by atoms with Gasteiger partial charge in [-0.15, -0.1) is 0 Å². The molecule has 0 saturated heterocycles. The predicted octanol–water partition coefficient (Wildman–Crippen LogP) is 0.846. The Balaban J connectivity index is 0.000000240. The Hall–Kier alpha value is -2.73. The molecule has 0 saturated carbocycles. The SMILES string of the molecule is NC(=O)NC(=O)CO.c1ccc(Cc2ccccn2)cc1. The number of benzene rings is 1. The zero-order chi connectivity index (χ0) is 15.5. The van der Waals surface area contributed by atoms with E-state index < -0.39 is 18.5 Å². The summed E-state index contributed by atoms with van der Waals surface area (Å²) < 4.78 is 0. The molecule has 0 atom stereocenters. The van der Waals surface area contributed by atoms with Crippen LogP contribution in [0.25, 0.3) is 0 Å². The highest BCUT2D eigenvalue weighted by atomic mass is 16.3. The van der Waals surface area contributed by atoms with Crippen molar-refractivity contribution in [3.05, 3.63) is 66.0 Å². The molecule has 0 fully saturated rings. The molecule has 1 aromatic carbocycles. The summed E-state index contributed by atoms with van der Waals surface area (Å²) in [6.45, 7) is -0.719. The van der Waals surface area contributed by atoms with Gasteiger partial charge in [-0.2, -0.15) is 0 Å². The van der Waals surface area contributed by atoms with Crippen molar-refractivity contribution < 1.29 is 14.7 Å². The molecular formula is C15H17N3O3. The first-order valence-electron chi connectivity index (χ1n) is 6.25. The maximum absolute atomic E-state index is 9.96. The predicted molar refractivity (Wildman–Crippen MR) is 78.3 cm³/mol. The molecule has 1 heterocycles. The van der Waals surface area contributed by atoms with Gasteiger partial charge < -0.3 is 10.8 Å². The fourth-order valence-corrected chi connectivity index (χ4v) is 1.48. The van der Waals surface area contributed by atoms with Crippen LogP contribution in [0.4, 0.5) is 4.79 Å². The fourth-order valence-electron chi connectivity index (χ4n) is 1.48. The van der Waals surface area contributed by atoms with Crippen molar-refractivity contribution in [1.29, 1.82) is 0 Å². The quantitative estimate of drug-likeness (QED) is 0.778. The van der Waals surface area contributed by atoms with Crippen LogP contribution in [0, 0.1) is 0 Å². The topological polar surface area (TPSA) is 105 Å². The molecule has 110 valence electrons. The lowest BCUT2D eigenvalue weighted by atomic mass is 10.1. The molecule has 1 aromatic heterocycles. The molecule has 6 heteroatoms. The third kappa shape index (κ3) is 7.44. The van der Waals surface area contributed by atoms with E-state index in [1.807, 2.05) is 30.5 Å². The average molecular weight is 287 g/mol. The Morgan fingerprint density at radius 2 is 1.76 bits per heavy atom. The van der Waals surface area contributed by atoms with E-state index in [1.165, 1.54) is 5.56 Å². The highest BCUT2D eigenvalue weighted by molar-refractivity contribution is 5.93. The first-order chi connectivity index (χ1) is 10.1. The van der Waals surface area contributed by atoms with Gasteiger partial charge in [0, 0.05) is 18.3 Å². The van der Waals surface area contributed by atoms with Crippen LogP contribution in [0.2, 0.25) is 0 Å². The van der Waals surface area contributed by atoms with Crippen LogP contribution in [0.3, 0.4) is 0 Å². The number of aliphatic hydroxyl groups excluding tert-OH is 1. The Bertz CT molecular complexity index is 521. The maximum atomic E-state index is 9.96. The van der Waals surface area contributed by atoms with E-state index in [0.29, 0.717) is 0 Å². The van der Waals surface area contributed by atoms with Crippen molar-refractivity contribution in [1.82, 2.24) is 10.3 Å². The zero-order valence-electron chi connectivity index (χ0n) is 11.4. The molecule has 0 unspecified atom stereocenters. The van der Waals surface area contributed by atoms with Gasteiger partial charge in [0.25, 0.3) is 5.91 Å². The molecule has 6 nitrogen and oxygen atoms in total. The number of carbonyl (C=O) groups is 2. The second-order valence-electron chi connectivity index (χ2n) is 4.05. The first-order valence-corrected chi connectivity index (χ1v) is 6.25. The smallest absolute Gasteiger partial charge is 0.318 e. The molecule has 0 bridgehead atoms. The molecule has 0 aliphatic carbocycles. The van der Waals surface area contributed by atoms with Gasteiger partial charge >= 0.3 is 6.03 Å². The number of imide groups is 1. The van der Waals surface area contributed by atoms with E-state index in [0.717, 1.165) is 12.1 Å². The van der Waals surface area contributed by atoms with Gasteiger partial charge in [-0.1, -0.05) is 36.4 Å². The van der Waals surface area contributed by atoms with Crippen LogP contribution < -0.4 is 11.1 Å². The molecule has 0 aliphatic heterocycles. The van der Waals surface area contributed by atoms with Crippen LogP contribution >= 0.6 is 0 Å². The molecule has 21 heavy (non-hydrogen) atoms. The van der Waals surface area contributed by atoms with Crippen molar-refractivity contribution in [2.45, 2.75) is 6.42 Å². The lowest BCUT2D eigenvalue weighted by Crippen LogP contribution is -2.36. The number of aliphatic hydroxyl groups is 1. The van der Waals surface area contributed by atoms with Gasteiger partial charge in [-0.3, -0.25) is 15.1 Å². The number of nitrogens with zero attached hydrogens (tertiary/aromatic N) is 1. The number of primary amides is 1. The number of amides is 3. The van der Waals surface area contributed by atoms with Gasteiger partial charge in [-0.05, 0) is 17.7 Å². The molecule has 3 amide bonds. The number of pyridine rings is 1. The molecule has 0 spiro atoms. The second kappa shape index (κ2) is 9.22. The van der Waals surface area contributed by atoms with Crippen molar-refractivity contribution >= 4 is 11.9 Å². The Morgan fingerprint density at radius 1 is 1.10 bits per heavy atom. The Labute approximate surface area is 122 Å². The summed E-state index contributed by atoms with van der Waals surface area (Å²) in [6, 6.07) is 15.4. The van der Waals surface area contributed by atoms with Gasteiger partial charge in [-0.25, -0.2) is 4.79 Å². The zero-order valence-corrected chi connectivity index (χ0v) is 11.4. The van der Waals surface area contributed by atoms with E-state index in [-0.39, 0.29) is 0 Å². The summed E-state index contributed by atoms with van der Waals surface area (Å²) >= 11 is 0. The van der Waals surface area contributed by atoms with Gasteiger partial charge in [0.1, 0.15) is 6.61 Å². The molecule has 0 aliphatic rings. The van der Waals surface area contributed by atoms with Crippen LogP contribution in [0.1, 0.15) is 11.3 Å². The number of nitrogens with two attached hydrogens (primary N) is 1. The highest BCUT2D eigenvalue weighted by Crippen LogP contribution is 2.05. The van der Waals surface area contributed by atoms with E-state index in [4.69, 9.17) is 5.11 Å². The third-order valence-corrected chi connectivity index (χ3v) is 2.36. The van der Waals surface area contributed by atoms with Crippen LogP contribution in [0.5, 0.6) is 0 Å². The van der Waals surface area contributed by atoms with E-state index in [1.54, 1.807) is 5.32 Å². The monoisotopic (exact) mass is 287 g/mol. The first kappa shape index (κ1) is 16.3. The Morgan fingerprint density at radius 3 is 2.24 bits per heavy atom. The number of hydrogen-bond acceptors (Lipinski definition) is 4. The third-order valence-electron chi connectivity index (χ3n) is 2.36. The van der Waals surface area contributed by atoms with E-state index in [9.17, 15) is 9.59 Å². The fraction of sp³-hybridized carbons (Fsp3) is 0.133. The standard InChI is InChI=1S/C12H11N.C3H6N2O3/c1-2-6-11(7-3-1)10-12-8-4-5-9-13-12;4-3(8)5-2(7)1-6/h1-9H,10H2;6H,1H2,(H3,4,5,7,8). The number of rotatable bonds is 3. The van der Waals surface area contributed by atoms with Crippen molar-refractivity contribution in [3.63, 3.8) is 0 Å². The summed E-state index contributed by atoms with van der Waals surface area (Å²) in [5, 5.41) is 9.61. The van der Waals surface area contributed by atoms with Gasteiger partial charge in [0.05, 0.1) is 0 Å². The maximum Gasteiger partial charge on any atom is 0.318 e. The number of aromatic nitrogens is 1. The second-order valence-corrected chi connectivity index (χ2v) is 4.05. The Kier molecular flexibility index (Phi) is 7.17. The summed E-state index contributed by atoms with van der Waals surface area (Å²) in [7, 11) is 0. The normalized spacial score (nSPS) is 9.19. The van der Waals surface area contributed by atoms with Crippen LogP contribution in [-0.2, 0) is 11.2 Å². The van der Waals surface area contributed by atoms with Crippen molar-refractivity contribution in [2.24, 2.45) is 5.73 Å². The van der Waals surface area contributed by atoms with Gasteiger partial charge in [0.15, 0.2) is 0 Å². The van der Waals surface area contributed by atoms with Crippen molar-refractivity contribution in [2.75, 3.05) is 6.61 Å². The highest BCUT2D eigenvalue weighted by Gasteiger charge is 1.98. The van der Waals surface area contributed by atoms with Crippen LogP contribution in [0.15, 0.2) is 54.7 Å². The summed E-state index contributed by atoms with van der Waals surface area (Å²) in [5.74, 6) is -0.794. The number of nitrogens with one attached hydrogen (secondary N) is 1. The van der Waals surface area contributed by atoms with Crippen LogP contribution in [-0.4, -0.2) is 28.6 Å². The van der Waals surface area contributed by atoms with E-state index >= 15 is 0 Å². The number of carbonyl (C=O) groups excluding carboxylic acids is 2. The largest absolute Gasteiger partial charge is 0.387 e. The minimum atomic E-state index is -0.955. The molecule has 2 rings (SSSR count). The molecular weight excluding hydrogens is 270 g/mol. The van der Waals surface area contributed by atoms with Crippen molar-refractivity contribution in [3.8, 4) is 0 Å². The minimum Gasteiger partial charge on any atom is -0.387 e. The molecule has 2 aromatic rings. The number of hydrogen-bond donors (Lipinski definition) is 3. The van der Waals surface area contributed by atoms with E-state index in [2.05, 4.69) is 35.0 Å². The summed E-state index contributed by atoms with van der Waals surface area (Å²) in [4.78, 5) is 24.0. The average Bonchev–Trinajstić information content (AvgIpc) is 2.49. The number of urea groups is 1. The summed E-state index contributed by atoms with van der Waals surface area (Å²) in [6.07, 6.45) is 2.75.